The van der Waals surface area contributed by atoms with E-state index in [9.17, 15) is 9.59 Å². The van der Waals surface area contributed by atoms with E-state index in [4.69, 9.17) is 5.10 Å². The van der Waals surface area contributed by atoms with Crippen molar-refractivity contribution in [1.82, 2.24) is 25.1 Å². The van der Waals surface area contributed by atoms with Gasteiger partial charge in [0.1, 0.15) is 5.82 Å². The summed E-state index contributed by atoms with van der Waals surface area (Å²) in [6, 6.07) is 10.1. The molecule has 3 aliphatic rings. The van der Waals surface area contributed by atoms with Crippen LogP contribution in [0.25, 0.3) is 22.0 Å². The number of benzene rings is 1. The molecule has 38 heavy (non-hydrogen) atoms. The van der Waals surface area contributed by atoms with Gasteiger partial charge in [-0.05, 0) is 50.9 Å². The number of carbonyl (C=O) groups is 1. The number of aromatic nitrogens is 4. The van der Waals surface area contributed by atoms with Gasteiger partial charge in [-0.15, -0.1) is 0 Å². The number of para-hydroxylation sites is 1. The zero-order valence-corrected chi connectivity index (χ0v) is 21.3. The molecule has 5 heterocycles. The number of H-pyrrole nitrogens is 1. The number of aromatic amines is 1. The van der Waals surface area contributed by atoms with E-state index in [1.807, 2.05) is 18.3 Å². The zero-order chi connectivity index (χ0) is 25.8. The Morgan fingerprint density at radius 3 is 2.74 bits per heavy atom. The number of nitrogens with one attached hydrogen (secondary N) is 4. The molecule has 0 radical (unpaired) electrons. The highest BCUT2D eigenvalue weighted by Crippen LogP contribution is 2.45. The van der Waals surface area contributed by atoms with Crippen molar-refractivity contribution < 1.29 is 4.79 Å². The van der Waals surface area contributed by atoms with Crippen LogP contribution in [0.5, 0.6) is 0 Å². The van der Waals surface area contributed by atoms with Crippen molar-refractivity contribution in [1.29, 1.82) is 0 Å². The van der Waals surface area contributed by atoms with Gasteiger partial charge in [-0.3, -0.25) is 14.3 Å². The molecular formula is C28H30N8O2. The molecule has 1 amide bonds. The molecular weight excluding hydrogens is 480 g/mol. The summed E-state index contributed by atoms with van der Waals surface area (Å²) in [5.41, 5.74) is 6.30. The van der Waals surface area contributed by atoms with Gasteiger partial charge in [-0.25, -0.2) is 4.98 Å². The minimum absolute atomic E-state index is 0.0252. The van der Waals surface area contributed by atoms with Crippen LogP contribution in [0, 0.1) is 5.92 Å². The molecule has 7 rings (SSSR count). The van der Waals surface area contributed by atoms with Crippen LogP contribution in [0.15, 0.2) is 47.5 Å². The van der Waals surface area contributed by atoms with Gasteiger partial charge < -0.3 is 25.8 Å². The van der Waals surface area contributed by atoms with Crippen molar-refractivity contribution in [3.8, 4) is 11.1 Å². The molecule has 0 unspecified atom stereocenters. The second-order valence-electron chi connectivity index (χ2n) is 10.5. The summed E-state index contributed by atoms with van der Waals surface area (Å²) in [5.74, 6) is 0.465. The highest BCUT2D eigenvalue weighted by atomic mass is 16.2. The molecule has 1 aliphatic carbocycles. The molecule has 194 valence electrons. The summed E-state index contributed by atoms with van der Waals surface area (Å²) in [4.78, 5) is 34.9. The summed E-state index contributed by atoms with van der Waals surface area (Å²) in [5, 5.41) is 15.2. The Bertz CT molecular complexity index is 1610. The summed E-state index contributed by atoms with van der Waals surface area (Å²) in [6.45, 7) is 2.77. The van der Waals surface area contributed by atoms with Crippen molar-refractivity contribution in [2.45, 2.75) is 38.3 Å². The third-order valence-electron chi connectivity index (χ3n) is 7.85. The topological polar surface area (TPSA) is 120 Å². The van der Waals surface area contributed by atoms with E-state index in [2.05, 4.69) is 48.6 Å². The Kier molecular flexibility index (Phi) is 5.43. The lowest BCUT2D eigenvalue weighted by Gasteiger charge is -2.32. The molecule has 3 aromatic heterocycles. The van der Waals surface area contributed by atoms with Gasteiger partial charge in [-0.1, -0.05) is 12.1 Å². The number of piperidine rings is 1. The molecule has 0 atom stereocenters. The second-order valence-corrected chi connectivity index (χ2v) is 10.5. The van der Waals surface area contributed by atoms with Gasteiger partial charge in [0.15, 0.2) is 0 Å². The lowest BCUT2D eigenvalue weighted by atomic mass is 9.97. The maximum atomic E-state index is 12.9. The first-order valence-corrected chi connectivity index (χ1v) is 13.3. The molecule has 1 saturated heterocycles. The van der Waals surface area contributed by atoms with E-state index in [1.54, 1.807) is 18.3 Å². The number of pyridine rings is 2. The van der Waals surface area contributed by atoms with Crippen LogP contribution >= 0.6 is 0 Å². The first-order chi connectivity index (χ1) is 18.6. The van der Waals surface area contributed by atoms with Crippen LogP contribution < -0.4 is 26.4 Å². The molecule has 2 aliphatic heterocycles. The molecule has 1 saturated carbocycles. The van der Waals surface area contributed by atoms with Crippen molar-refractivity contribution in [3.05, 3.63) is 58.8 Å². The van der Waals surface area contributed by atoms with Crippen LogP contribution in [0.4, 0.5) is 22.9 Å². The fraction of sp³-hybridized carbons (Fsp3) is 0.357. The molecule has 0 bridgehead atoms. The quantitative estimate of drug-likeness (QED) is 0.323. The van der Waals surface area contributed by atoms with Gasteiger partial charge >= 0.3 is 0 Å². The lowest BCUT2D eigenvalue weighted by Crippen LogP contribution is -2.32. The average molecular weight is 511 g/mol. The normalized spacial score (nSPS) is 17.2. The fourth-order valence-electron chi connectivity index (χ4n) is 5.79. The summed E-state index contributed by atoms with van der Waals surface area (Å²) >= 11 is 0. The van der Waals surface area contributed by atoms with Crippen LogP contribution in [0.1, 0.15) is 37.4 Å². The number of carbonyl (C=O) groups excluding carboxylic acids is 1. The fourth-order valence-corrected chi connectivity index (χ4v) is 5.79. The first-order valence-electron chi connectivity index (χ1n) is 13.3. The van der Waals surface area contributed by atoms with E-state index >= 15 is 0 Å². The van der Waals surface area contributed by atoms with Crippen LogP contribution in [-0.4, -0.2) is 45.8 Å². The van der Waals surface area contributed by atoms with Crippen LogP contribution in [-0.2, 0) is 11.3 Å². The summed E-state index contributed by atoms with van der Waals surface area (Å²) in [6.07, 6.45) is 7.54. The maximum Gasteiger partial charge on any atom is 0.259 e. The van der Waals surface area contributed by atoms with Gasteiger partial charge in [0.05, 0.1) is 52.4 Å². The van der Waals surface area contributed by atoms with Crippen LogP contribution in [0.2, 0.25) is 0 Å². The molecule has 1 aromatic carbocycles. The largest absolute Gasteiger partial charge is 0.366 e. The average Bonchev–Trinajstić information content (AvgIpc) is 3.69. The third-order valence-corrected chi connectivity index (χ3v) is 7.85. The van der Waals surface area contributed by atoms with Crippen molar-refractivity contribution in [2.24, 2.45) is 5.92 Å². The minimum Gasteiger partial charge on any atom is -0.366 e. The highest BCUT2D eigenvalue weighted by molar-refractivity contribution is 6.00. The number of hydrogen-bond donors (Lipinski definition) is 4. The standard InChI is InChI=1S/C28H30N8O2/c1-35-15-23-19(14-31-36(23)17-7-10-29-11-8-17)18-3-2-4-21(26(18)35)32-22-13-24(34-27(37)16-5-6-16)33-20-9-12-30-28(38)25(20)22/h2-4,9,12-14,16-17,29H,5-8,10-11,15H2,1H3,(H,30,38)(H2,32,33,34,37). The van der Waals surface area contributed by atoms with Crippen molar-refractivity contribution >= 4 is 39.7 Å². The monoisotopic (exact) mass is 510 g/mol. The van der Waals surface area contributed by atoms with Crippen molar-refractivity contribution in [3.63, 3.8) is 0 Å². The van der Waals surface area contributed by atoms with E-state index in [0.717, 1.165) is 67.8 Å². The predicted molar refractivity (Wildman–Crippen MR) is 148 cm³/mol. The molecule has 2 fully saturated rings. The number of rotatable bonds is 5. The highest BCUT2D eigenvalue weighted by Gasteiger charge is 2.31. The Labute approximate surface area is 219 Å². The van der Waals surface area contributed by atoms with E-state index in [-0.39, 0.29) is 17.4 Å². The molecule has 10 heteroatoms. The van der Waals surface area contributed by atoms with Crippen LogP contribution in [0.3, 0.4) is 0 Å². The first kappa shape index (κ1) is 23.0. The number of amides is 1. The van der Waals surface area contributed by atoms with E-state index < -0.39 is 0 Å². The minimum atomic E-state index is -0.235. The molecule has 10 nitrogen and oxygen atoms in total. The zero-order valence-electron chi connectivity index (χ0n) is 21.3. The lowest BCUT2D eigenvalue weighted by molar-refractivity contribution is -0.117. The number of anilines is 4. The predicted octanol–water partition coefficient (Wildman–Crippen LogP) is 3.75. The number of nitrogens with zero attached hydrogens (tertiary/aromatic N) is 4. The van der Waals surface area contributed by atoms with Gasteiger partial charge in [0.2, 0.25) is 5.91 Å². The maximum absolute atomic E-state index is 12.9. The Morgan fingerprint density at radius 2 is 1.92 bits per heavy atom. The number of hydrogen-bond acceptors (Lipinski definition) is 7. The Morgan fingerprint density at radius 1 is 1.08 bits per heavy atom. The molecule has 0 spiro atoms. The van der Waals surface area contributed by atoms with Gasteiger partial charge in [-0.2, -0.15) is 5.10 Å². The Balaban J connectivity index is 1.29. The third kappa shape index (κ3) is 3.92. The summed E-state index contributed by atoms with van der Waals surface area (Å²) < 4.78 is 2.22. The van der Waals surface area contributed by atoms with E-state index in [0.29, 0.717) is 28.5 Å². The van der Waals surface area contributed by atoms with Crippen molar-refractivity contribution in [2.75, 3.05) is 35.7 Å². The van der Waals surface area contributed by atoms with Gasteiger partial charge in [0, 0.05) is 36.4 Å². The van der Waals surface area contributed by atoms with Gasteiger partial charge in [0.25, 0.3) is 5.56 Å². The number of fused-ring (bicyclic) bond motifs is 4. The molecule has 4 N–H and O–H groups in total. The Hall–Kier alpha value is -4.18. The summed E-state index contributed by atoms with van der Waals surface area (Å²) in [7, 11) is 2.09. The van der Waals surface area contributed by atoms with E-state index in [1.165, 1.54) is 5.69 Å². The smallest absolute Gasteiger partial charge is 0.259 e. The molecule has 4 aromatic rings. The second kappa shape index (κ2) is 8.98. The SMILES string of the molecule is CN1Cc2c(cnn2C2CCNCC2)-c2cccc(Nc3cc(NC(=O)C4CC4)nc4cc[nH]c(=O)c34)c21.